The summed E-state index contributed by atoms with van der Waals surface area (Å²) in [7, 11) is 0. The first-order chi connectivity index (χ1) is 15.5. The first-order valence-corrected chi connectivity index (χ1v) is 10.9. The first-order valence-electron chi connectivity index (χ1n) is 9.90. The van der Waals surface area contributed by atoms with Crippen LogP contribution in [0.1, 0.15) is 11.3 Å². The number of pyridine rings is 1. The fourth-order valence-electron chi connectivity index (χ4n) is 3.55. The van der Waals surface area contributed by atoms with E-state index in [2.05, 4.69) is 9.97 Å². The summed E-state index contributed by atoms with van der Waals surface area (Å²) in [6.45, 7) is 1.90. The maximum absolute atomic E-state index is 13.5. The highest BCUT2D eigenvalue weighted by Crippen LogP contribution is 2.24. The second-order valence-corrected chi connectivity index (χ2v) is 8.23. The van der Waals surface area contributed by atoms with Gasteiger partial charge >= 0.3 is 0 Å². The van der Waals surface area contributed by atoms with E-state index in [1.165, 1.54) is 38.9 Å². The predicted octanol–water partition coefficient (Wildman–Crippen LogP) is 4.13. The summed E-state index contributed by atoms with van der Waals surface area (Å²) in [5.74, 6) is -0.0487. The Morgan fingerprint density at radius 1 is 0.969 bits per heavy atom. The summed E-state index contributed by atoms with van der Waals surface area (Å²) in [5.41, 5.74) is 2.74. The molecule has 5 aromatic rings. The molecule has 0 N–H and O–H groups in total. The van der Waals surface area contributed by atoms with Gasteiger partial charge in [0.2, 0.25) is 0 Å². The molecule has 0 bridgehead atoms. The molecule has 0 unspecified atom stereocenters. The third-order valence-corrected chi connectivity index (χ3v) is 6.09. The zero-order chi connectivity index (χ0) is 22.2. The maximum atomic E-state index is 13.5. The molecule has 2 aromatic carbocycles. The lowest BCUT2D eigenvalue weighted by Crippen LogP contribution is -2.22. The van der Waals surface area contributed by atoms with Crippen molar-refractivity contribution in [2.75, 3.05) is 0 Å². The molecule has 5 rings (SSSR count). The van der Waals surface area contributed by atoms with Gasteiger partial charge in [-0.05, 0) is 55.0 Å². The molecule has 3 heterocycles. The standard InChI is InChI=1S/C24H17FN4O2S/c1-15-5-4-12-28-21(30)13-17(26-22(15)28)14-32-24-27-20-7-3-2-6-19(20)23(31)29(24)18-10-8-16(25)9-11-18/h2-13H,14H2,1H3. The van der Waals surface area contributed by atoms with Crippen LogP contribution in [-0.2, 0) is 5.75 Å². The van der Waals surface area contributed by atoms with Gasteiger partial charge in [0.15, 0.2) is 5.16 Å². The highest BCUT2D eigenvalue weighted by Gasteiger charge is 2.14. The number of halogens is 1. The Bertz CT molecular complexity index is 1590. The second kappa shape index (κ2) is 8.05. The lowest BCUT2D eigenvalue weighted by atomic mass is 10.2. The van der Waals surface area contributed by atoms with E-state index in [4.69, 9.17) is 0 Å². The molecule has 8 heteroatoms. The smallest absolute Gasteiger partial charge is 0.266 e. The van der Waals surface area contributed by atoms with E-state index in [9.17, 15) is 14.0 Å². The minimum atomic E-state index is -0.388. The Labute approximate surface area is 186 Å². The summed E-state index contributed by atoms with van der Waals surface area (Å²) in [4.78, 5) is 35.1. The van der Waals surface area contributed by atoms with Gasteiger partial charge in [0.25, 0.3) is 11.1 Å². The molecule has 3 aromatic heterocycles. The van der Waals surface area contributed by atoms with Crippen LogP contribution in [0.15, 0.2) is 87.7 Å². The van der Waals surface area contributed by atoms with Crippen LogP contribution in [0.2, 0.25) is 0 Å². The molecule has 0 atom stereocenters. The summed E-state index contributed by atoms with van der Waals surface area (Å²) in [5, 5.41) is 0.908. The molecule has 0 saturated heterocycles. The third kappa shape index (κ3) is 3.58. The van der Waals surface area contributed by atoms with Crippen molar-refractivity contribution in [1.82, 2.24) is 18.9 Å². The van der Waals surface area contributed by atoms with Gasteiger partial charge in [0, 0.05) is 18.0 Å². The molecule has 0 fully saturated rings. The number of para-hydroxylation sites is 1. The Kier molecular flexibility index (Phi) is 5.07. The fraction of sp³-hybridized carbons (Fsp3) is 0.0833. The van der Waals surface area contributed by atoms with Gasteiger partial charge in [-0.15, -0.1) is 0 Å². The highest BCUT2D eigenvalue weighted by molar-refractivity contribution is 7.98. The SMILES string of the molecule is Cc1cccn2c(=O)cc(CSc3nc4ccccc4c(=O)n3-c3ccc(F)cc3)nc12. The van der Waals surface area contributed by atoms with E-state index in [-0.39, 0.29) is 16.9 Å². The van der Waals surface area contributed by atoms with Crippen LogP contribution in [0.5, 0.6) is 0 Å². The van der Waals surface area contributed by atoms with Crippen molar-refractivity contribution < 1.29 is 4.39 Å². The number of aromatic nitrogens is 4. The molecule has 32 heavy (non-hydrogen) atoms. The van der Waals surface area contributed by atoms with E-state index in [0.717, 1.165) is 5.56 Å². The summed E-state index contributed by atoms with van der Waals surface area (Å²) < 4.78 is 16.4. The third-order valence-electron chi connectivity index (χ3n) is 5.12. The molecule has 0 spiro atoms. The number of rotatable bonds is 4. The van der Waals surface area contributed by atoms with Crippen LogP contribution in [0, 0.1) is 12.7 Å². The first kappa shape index (κ1) is 20.1. The van der Waals surface area contributed by atoms with Gasteiger partial charge in [0.05, 0.1) is 22.3 Å². The summed E-state index contributed by atoms with van der Waals surface area (Å²) in [6, 6.07) is 18.0. The van der Waals surface area contributed by atoms with E-state index in [1.54, 1.807) is 42.6 Å². The summed E-state index contributed by atoms with van der Waals surface area (Å²) >= 11 is 1.30. The Hall–Kier alpha value is -3.78. The highest BCUT2D eigenvalue weighted by atomic mass is 32.2. The van der Waals surface area contributed by atoms with Gasteiger partial charge in [-0.1, -0.05) is 30.0 Å². The van der Waals surface area contributed by atoms with Crippen molar-refractivity contribution in [1.29, 1.82) is 0 Å². The van der Waals surface area contributed by atoms with Gasteiger partial charge in [0.1, 0.15) is 11.5 Å². The van der Waals surface area contributed by atoms with Crippen molar-refractivity contribution in [3.8, 4) is 5.69 Å². The van der Waals surface area contributed by atoms with Crippen molar-refractivity contribution >= 4 is 28.3 Å². The zero-order valence-electron chi connectivity index (χ0n) is 17.0. The van der Waals surface area contributed by atoms with Crippen LogP contribution in [0.25, 0.3) is 22.2 Å². The topological polar surface area (TPSA) is 69.3 Å². The number of aryl methyl sites for hydroxylation is 1. The molecule has 6 nitrogen and oxygen atoms in total. The number of nitrogens with zero attached hydrogens (tertiary/aromatic N) is 4. The largest absolute Gasteiger partial charge is 0.269 e. The van der Waals surface area contributed by atoms with E-state index in [1.807, 2.05) is 19.1 Å². The Morgan fingerprint density at radius 3 is 2.56 bits per heavy atom. The van der Waals surface area contributed by atoms with Crippen LogP contribution in [0.3, 0.4) is 0 Å². The van der Waals surface area contributed by atoms with Crippen molar-refractivity contribution in [2.45, 2.75) is 17.8 Å². The predicted molar refractivity (Wildman–Crippen MR) is 123 cm³/mol. The molecule has 0 aliphatic rings. The number of fused-ring (bicyclic) bond motifs is 2. The van der Waals surface area contributed by atoms with Crippen LogP contribution in [0.4, 0.5) is 4.39 Å². The Morgan fingerprint density at radius 2 is 1.75 bits per heavy atom. The van der Waals surface area contributed by atoms with Crippen molar-refractivity contribution in [3.63, 3.8) is 0 Å². The minimum Gasteiger partial charge on any atom is -0.269 e. The molecule has 0 amide bonds. The van der Waals surface area contributed by atoms with Gasteiger partial charge in [-0.2, -0.15) is 0 Å². The number of benzene rings is 2. The van der Waals surface area contributed by atoms with E-state index < -0.39 is 0 Å². The monoisotopic (exact) mass is 444 g/mol. The molecule has 0 radical (unpaired) electrons. The second-order valence-electron chi connectivity index (χ2n) is 7.29. The molecule has 0 aliphatic carbocycles. The normalized spacial score (nSPS) is 11.3. The average molecular weight is 444 g/mol. The van der Waals surface area contributed by atoms with Gasteiger partial charge in [-0.25, -0.2) is 14.4 Å². The average Bonchev–Trinajstić information content (AvgIpc) is 2.79. The lowest BCUT2D eigenvalue weighted by Gasteiger charge is -2.13. The molecule has 0 aliphatic heterocycles. The fourth-order valence-corrected chi connectivity index (χ4v) is 4.45. The molecule has 158 valence electrons. The summed E-state index contributed by atoms with van der Waals surface area (Å²) in [6.07, 6.45) is 1.69. The number of hydrogen-bond donors (Lipinski definition) is 0. The number of hydrogen-bond acceptors (Lipinski definition) is 5. The quantitative estimate of drug-likeness (QED) is 0.308. The van der Waals surface area contributed by atoms with E-state index in [0.29, 0.717) is 38.8 Å². The lowest BCUT2D eigenvalue weighted by molar-refractivity contribution is 0.627. The van der Waals surface area contributed by atoms with Crippen LogP contribution >= 0.6 is 11.8 Å². The van der Waals surface area contributed by atoms with Gasteiger partial charge < -0.3 is 0 Å². The van der Waals surface area contributed by atoms with Crippen molar-refractivity contribution in [3.05, 3.63) is 111 Å². The van der Waals surface area contributed by atoms with Gasteiger partial charge in [-0.3, -0.25) is 18.6 Å². The maximum Gasteiger partial charge on any atom is 0.266 e. The number of thioether (sulfide) groups is 1. The minimum absolute atomic E-state index is 0.170. The van der Waals surface area contributed by atoms with E-state index >= 15 is 0 Å². The molecular formula is C24H17FN4O2S. The zero-order valence-corrected chi connectivity index (χ0v) is 17.8. The molecular weight excluding hydrogens is 427 g/mol. The van der Waals surface area contributed by atoms with Crippen LogP contribution in [-0.4, -0.2) is 18.9 Å². The van der Waals surface area contributed by atoms with Crippen LogP contribution < -0.4 is 11.1 Å². The molecule has 0 saturated carbocycles. The van der Waals surface area contributed by atoms with Crippen molar-refractivity contribution in [2.24, 2.45) is 0 Å². The Balaban J connectivity index is 1.61.